The molecule has 238 valence electrons. The fraction of sp³-hybridized carbons (Fsp3) is 0.625. The Hall–Kier alpha value is -2.71. The monoisotopic (exact) mass is 625 g/mol. The second-order valence-corrected chi connectivity index (χ2v) is 13.8. The Morgan fingerprint density at radius 3 is 2.50 bits per heavy atom. The summed E-state index contributed by atoms with van der Waals surface area (Å²) >= 11 is 0. The molecule has 5 atom stereocenters. The third-order valence-electron chi connectivity index (χ3n) is 8.98. The molecule has 2 saturated heterocycles. The van der Waals surface area contributed by atoms with E-state index >= 15 is 0 Å². The molecule has 1 spiro atoms. The Morgan fingerprint density at radius 2 is 1.89 bits per heavy atom. The molecule has 11 nitrogen and oxygen atoms in total. The van der Waals surface area contributed by atoms with Crippen molar-refractivity contribution >= 4 is 20.3 Å². The minimum Gasteiger partial charge on any atom is -0.361 e. The first-order valence-electron chi connectivity index (χ1n) is 15.6. The van der Waals surface area contributed by atoms with Crippen LogP contribution in [0.4, 0.5) is 5.82 Å². The molecule has 12 heteroatoms. The Bertz CT molecular complexity index is 1410. The number of aromatic nitrogens is 2. The standard InChI is InChI=1S/C32H44N5O6P/c1-7-32-26(43-44(40-19-13-18-33)37(21(2)3)22(4)5)25(41-31(32)16-11-12-17-31)29(42-32)36-20-23(6)27(35-30(36)39)34-28(38)24-14-9-8-10-15-24/h8-10,14-15,20-22,25-26,29H,7,11-13,16-17,19H2,1-6H3,(H,34,35,38,39)/t25-,26?,29+,32+,44?/m0/s1. The molecule has 1 N–H and O–H groups in total. The number of benzene rings is 1. The van der Waals surface area contributed by atoms with Gasteiger partial charge in [-0.15, -0.1) is 0 Å². The molecule has 1 amide bonds. The van der Waals surface area contributed by atoms with E-state index in [1.54, 1.807) is 37.4 Å². The first-order valence-corrected chi connectivity index (χ1v) is 16.8. The van der Waals surface area contributed by atoms with Crippen molar-refractivity contribution in [3.63, 3.8) is 0 Å². The Labute approximate surface area is 260 Å². The maximum atomic E-state index is 13.5. The lowest BCUT2D eigenvalue weighted by Crippen LogP contribution is -2.56. The van der Waals surface area contributed by atoms with E-state index in [4.69, 9.17) is 18.5 Å². The minimum atomic E-state index is -1.57. The summed E-state index contributed by atoms with van der Waals surface area (Å²) < 4.78 is 30.8. The molecule has 2 unspecified atom stereocenters. The number of ether oxygens (including phenoxy) is 2. The van der Waals surface area contributed by atoms with Gasteiger partial charge in [0, 0.05) is 29.4 Å². The summed E-state index contributed by atoms with van der Waals surface area (Å²) in [5, 5.41) is 12.0. The molecule has 2 aliphatic heterocycles. The van der Waals surface area contributed by atoms with Crippen LogP contribution in [-0.4, -0.2) is 62.2 Å². The molecule has 1 aliphatic carbocycles. The number of hydrogen-bond acceptors (Lipinski definition) is 9. The predicted molar refractivity (Wildman–Crippen MR) is 167 cm³/mol. The van der Waals surface area contributed by atoms with Crippen LogP contribution in [0.5, 0.6) is 0 Å². The number of nitrogens with zero attached hydrogens (tertiary/aromatic N) is 4. The van der Waals surface area contributed by atoms with Crippen LogP contribution in [0.25, 0.3) is 0 Å². The van der Waals surface area contributed by atoms with Crippen LogP contribution < -0.4 is 11.0 Å². The molecule has 3 heterocycles. The van der Waals surface area contributed by atoms with Gasteiger partial charge in [0.05, 0.1) is 19.1 Å². The van der Waals surface area contributed by atoms with Gasteiger partial charge in [0.2, 0.25) is 0 Å². The van der Waals surface area contributed by atoms with E-state index < -0.39 is 43.9 Å². The normalized spacial score (nSPS) is 26.1. The summed E-state index contributed by atoms with van der Waals surface area (Å²) in [6, 6.07) is 11.2. The highest BCUT2D eigenvalue weighted by molar-refractivity contribution is 7.44. The van der Waals surface area contributed by atoms with Gasteiger partial charge < -0.3 is 23.8 Å². The molecule has 3 fully saturated rings. The number of fused-ring (bicyclic) bond motifs is 3. The fourth-order valence-corrected chi connectivity index (χ4v) is 8.89. The van der Waals surface area contributed by atoms with Crippen LogP contribution in [0, 0.1) is 18.3 Å². The molecule has 3 aliphatic rings. The highest BCUT2D eigenvalue weighted by Gasteiger charge is 2.74. The van der Waals surface area contributed by atoms with Crippen LogP contribution in [0.3, 0.4) is 0 Å². The summed E-state index contributed by atoms with van der Waals surface area (Å²) in [5.74, 6) is -0.141. The molecule has 2 bridgehead atoms. The lowest BCUT2D eigenvalue weighted by molar-refractivity contribution is -0.260. The zero-order valence-corrected chi connectivity index (χ0v) is 27.4. The number of rotatable bonds is 12. The van der Waals surface area contributed by atoms with Gasteiger partial charge in [0.25, 0.3) is 14.4 Å². The van der Waals surface area contributed by atoms with E-state index in [0.717, 1.165) is 25.7 Å². The number of anilines is 1. The first kappa shape index (κ1) is 32.7. The van der Waals surface area contributed by atoms with Gasteiger partial charge in [-0.25, -0.2) is 9.46 Å². The third kappa shape index (κ3) is 5.84. The highest BCUT2D eigenvalue weighted by atomic mass is 31.2. The maximum Gasteiger partial charge on any atom is 0.351 e. The molecule has 1 saturated carbocycles. The van der Waals surface area contributed by atoms with Crippen molar-refractivity contribution in [3.8, 4) is 6.07 Å². The zero-order valence-electron chi connectivity index (χ0n) is 26.5. The summed E-state index contributed by atoms with van der Waals surface area (Å²) in [7, 11) is -1.57. The smallest absolute Gasteiger partial charge is 0.351 e. The van der Waals surface area contributed by atoms with E-state index in [1.807, 2.05) is 6.07 Å². The van der Waals surface area contributed by atoms with Crippen LogP contribution in [0.15, 0.2) is 41.3 Å². The Kier molecular flexibility index (Phi) is 9.90. The van der Waals surface area contributed by atoms with Crippen molar-refractivity contribution in [2.24, 2.45) is 0 Å². The third-order valence-corrected chi connectivity index (χ3v) is 11.1. The second kappa shape index (κ2) is 13.3. The second-order valence-electron chi connectivity index (χ2n) is 12.4. The highest BCUT2D eigenvalue weighted by Crippen LogP contribution is 2.64. The number of hydrogen-bond donors (Lipinski definition) is 1. The predicted octanol–water partition coefficient (Wildman–Crippen LogP) is 5.85. The van der Waals surface area contributed by atoms with Crippen molar-refractivity contribution in [2.75, 3.05) is 11.9 Å². The molecule has 2 aromatic rings. The van der Waals surface area contributed by atoms with E-state index in [0.29, 0.717) is 17.5 Å². The Morgan fingerprint density at radius 1 is 1.20 bits per heavy atom. The molecule has 1 aromatic carbocycles. The SMILES string of the molecule is CC[C@]12O[C@@H](n3cc(C)c(NC(=O)c4ccccc4)nc3=O)[C@@H](OC13CCCC3)C2OP(OCCC#N)N(C(C)C)C(C)C. The molecule has 0 radical (unpaired) electrons. The topological polar surface area (TPSA) is 128 Å². The van der Waals surface area contributed by atoms with Gasteiger partial charge in [-0.05, 0) is 66.0 Å². The average molecular weight is 626 g/mol. The van der Waals surface area contributed by atoms with E-state index in [-0.39, 0.29) is 36.8 Å². The van der Waals surface area contributed by atoms with E-state index in [2.05, 4.69) is 55.7 Å². The summed E-state index contributed by atoms with van der Waals surface area (Å²) in [6.45, 7) is 12.5. The van der Waals surface area contributed by atoms with Gasteiger partial charge in [-0.1, -0.05) is 38.0 Å². The van der Waals surface area contributed by atoms with Crippen molar-refractivity contribution < 1.29 is 23.3 Å². The molecular formula is C32H44N5O6P. The van der Waals surface area contributed by atoms with Crippen molar-refractivity contribution in [1.29, 1.82) is 5.26 Å². The van der Waals surface area contributed by atoms with Crippen molar-refractivity contribution in [3.05, 3.63) is 58.1 Å². The number of carbonyl (C=O) groups excluding carboxylic acids is 1. The first-order chi connectivity index (χ1) is 21.1. The summed E-state index contributed by atoms with van der Waals surface area (Å²) in [6.07, 6.45) is 4.47. The lowest BCUT2D eigenvalue weighted by Gasteiger charge is -2.46. The van der Waals surface area contributed by atoms with Gasteiger partial charge in [0.1, 0.15) is 29.2 Å². The quantitative estimate of drug-likeness (QED) is 0.228. The van der Waals surface area contributed by atoms with Crippen LogP contribution in [0.2, 0.25) is 0 Å². The minimum absolute atomic E-state index is 0.131. The number of carbonyl (C=O) groups is 1. The van der Waals surface area contributed by atoms with Crippen molar-refractivity contribution in [2.45, 2.75) is 122 Å². The van der Waals surface area contributed by atoms with Crippen LogP contribution in [0.1, 0.15) is 95.3 Å². The summed E-state index contributed by atoms with van der Waals surface area (Å²) in [4.78, 5) is 30.6. The number of nitriles is 1. The fourth-order valence-electron chi connectivity index (χ4n) is 7.10. The molecule has 44 heavy (non-hydrogen) atoms. The zero-order chi connectivity index (χ0) is 31.6. The molecule has 1 aromatic heterocycles. The van der Waals surface area contributed by atoms with E-state index in [9.17, 15) is 14.9 Å². The van der Waals surface area contributed by atoms with Crippen LogP contribution >= 0.6 is 8.53 Å². The molecular weight excluding hydrogens is 581 g/mol. The van der Waals surface area contributed by atoms with Gasteiger partial charge in [-0.3, -0.25) is 9.36 Å². The number of amides is 1. The van der Waals surface area contributed by atoms with E-state index in [1.165, 1.54) is 4.57 Å². The largest absolute Gasteiger partial charge is 0.361 e. The number of aryl methyl sites for hydroxylation is 1. The van der Waals surface area contributed by atoms with Crippen LogP contribution in [-0.2, 0) is 18.5 Å². The van der Waals surface area contributed by atoms with Gasteiger partial charge in [-0.2, -0.15) is 10.2 Å². The molecule has 5 rings (SSSR count). The lowest BCUT2D eigenvalue weighted by atomic mass is 9.78. The maximum absolute atomic E-state index is 13.5. The Balaban J connectivity index is 1.48. The number of nitrogens with one attached hydrogen (secondary N) is 1. The van der Waals surface area contributed by atoms with Gasteiger partial charge >= 0.3 is 5.69 Å². The summed E-state index contributed by atoms with van der Waals surface area (Å²) in [5.41, 5.74) is -0.779. The average Bonchev–Trinajstić information content (AvgIpc) is 3.66. The van der Waals surface area contributed by atoms with Gasteiger partial charge in [0.15, 0.2) is 6.23 Å². The van der Waals surface area contributed by atoms with Crippen molar-refractivity contribution in [1.82, 2.24) is 14.2 Å².